The van der Waals surface area contributed by atoms with E-state index in [9.17, 15) is 0 Å². The number of rotatable bonds is 8. The minimum atomic E-state index is 0.406. The summed E-state index contributed by atoms with van der Waals surface area (Å²) in [5.74, 6) is 3.92. The molecule has 2 aromatic heterocycles. The number of nitrogens with zero attached hydrogens (tertiary/aromatic N) is 4. The molecule has 1 atom stereocenters. The molecule has 0 saturated carbocycles. The lowest BCUT2D eigenvalue weighted by molar-refractivity contribution is 0.576. The first-order valence-corrected chi connectivity index (χ1v) is 9.39. The van der Waals surface area contributed by atoms with Gasteiger partial charge in [0.25, 0.3) is 0 Å². The van der Waals surface area contributed by atoms with Gasteiger partial charge in [-0.2, -0.15) is 16.9 Å². The van der Waals surface area contributed by atoms with Gasteiger partial charge < -0.3 is 4.57 Å². The van der Waals surface area contributed by atoms with Gasteiger partial charge in [-0.3, -0.25) is 4.68 Å². The van der Waals surface area contributed by atoms with Gasteiger partial charge in [0, 0.05) is 31.1 Å². The van der Waals surface area contributed by atoms with Crippen molar-refractivity contribution >= 4 is 34.5 Å². The van der Waals surface area contributed by atoms with Gasteiger partial charge >= 0.3 is 0 Å². The van der Waals surface area contributed by atoms with Crippen LogP contribution < -0.4 is 0 Å². The lowest BCUT2D eigenvalue weighted by Gasteiger charge is -2.17. The number of thioether (sulfide) groups is 1. The van der Waals surface area contributed by atoms with E-state index in [2.05, 4.69) is 30.4 Å². The molecular formula is C15H25ClN4S. The van der Waals surface area contributed by atoms with E-state index < -0.39 is 0 Å². The van der Waals surface area contributed by atoms with Crippen LogP contribution in [0.1, 0.15) is 44.8 Å². The lowest BCUT2D eigenvalue weighted by atomic mass is 10.2. The third-order valence-corrected chi connectivity index (χ3v) is 4.93. The summed E-state index contributed by atoms with van der Waals surface area (Å²) < 4.78 is 4.32. The van der Waals surface area contributed by atoms with E-state index in [1.165, 1.54) is 0 Å². The first-order chi connectivity index (χ1) is 10.1. The number of aromatic nitrogens is 4. The van der Waals surface area contributed by atoms with Gasteiger partial charge in [0.2, 0.25) is 0 Å². The summed E-state index contributed by atoms with van der Waals surface area (Å²) in [7, 11) is 2.02. The SMILES string of the molecule is CCCc1nn(C)c2c1nc(CCCl)n2C(C)CSCC. The third kappa shape index (κ3) is 3.39. The molecule has 4 nitrogen and oxygen atoms in total. The van der Waals surface area contributed by atoms with Crippen LogP contribution in [0.3, 0.4) is 0 Å². The molecular weight excluding hydrogens is 304 g/mol. The van der Waals surface area contributed by atoms with Gasteiger partial charge in [0.15, 0.2) is 5.65 Å². The summed E-state index contributed by atoms with van der Waals surface area (Å²) in [6.07, 6.45) is 2.88. The molecule has 0 N–H and O–H groups in total. The van der Waals surface area contributed by atoms with Crippen LogP contribution in [-0.2, 0) is 19.9 Å². The Hall–Kier alpha value is -0.680. The van der Waals surface area contributed by atoms with Crippen LogP contribution in [0.25, 0.3) is 11.2 Å². The second-order valence-corrected chi connectivity index (χ2v) is 7.03. The van der Waals surface area contributed by atoms with E-state index in [0.29, 0.717) is 11.9 Å². The zero-order valence-corrected chi connectivity index (χ0v) is 15.0. The molecule has 0 bridgehead atoms. The van der Waals surface area contributed by atoms with E-state index >= 15 is 0 Å². The molecule has 0 aliphatic rings. The van der Waals surface area contributed by atoms with Gasteiger partial charge in [0.05, 0.1) is 5.69 Å². The third-order valence-electron chi connectivity index (χ3n) is 3.62. The van der Waals surface area contributed by atoms with E-state index in [4.69, 9.17) is 16.6 Å². The van der Waals surface area contributed by atoms with Gasteiger partial charge in [-0.15, -0.1) is 11.6 Å². The van der Waals surface area contributed by atoms with Crippen LogP contribution in [-0.4, -0.2) is 36.7 Å². The van der Waals surface area contributed by atoms with Crippen LogP contribution in [0.5, 0.6) is 0 Å². The monoisotopic (exact) mass is 328 g/mol. The Labute approximate surface area is 136 Å². The van der Waals surface area contributed by atoms with Gasteiger partial charge in [-0.1, -0.05) is 20.3 Å². The Balaban J connectivity index is 2.50. The lowest BCUT2D eigenvalue weighted by Crippen LogP contribution is -2.14. The average Bonchev–Trinajstić information content (AvgIpc) is 2.96. The Morgan fingerprint density at radius 1 is 1.29 bits per heavy atom. The van der Waals surface area contributed by atoms with Gasteiger partial charge in [-0.25, -0.2) is 4.98 Å². The molecule has 0 amide bonds. The fraction of sp³-hybridized carbons (Fsp3) is 0.733. The second kappa shape index (κ2) is 7.54. The average molecular weight is 329 g/mol. The number of aryl methyl sites for hydroxylation is 3. The van der Waals surface area contributed by atoms with E-state index in [0.717, 1.165) is 53.5 Å². The van der Waals surface area contributed by atoms with Crippen LogP contribution in [0, 0.1) is 0 Å². The summed E-state index contributed by atoms with van der Waals surface area (Å²) in [4.78, 5) is 4.86. The minimum Gasteiger partial charge on any atom is -0.309 e. The van der Waals surface area contributed by atoms with Crippen molar-refractivity contribution in [2.75, 3.05) is 17.4 Å². The zero-order valence-electron chi connectivity index (χ0n) is 13.4. The van der Waals surface area contributed by atoms with Gasteiger partial charge in [-0.05, 0) is 19.1 Å². The quantitative estimate of drug-likeness (QED) is 0.691. The van der Waals surface area contributed by atoms with Crippen molar-refractivity contribution in [1.29, 1.82) is 0 Å². The Morgan fingerprint density at radius 3 is 2.67 bits per heavy atom. The van der Waals surface area contributed by atoms with Crippen molar-refractivity contribution in [1.82, 2.24) is 19.3 Å². The summed E-state index contributed by atoms with van der Waals surface area (Å²) in [6.45, 7) is 6.63. The van der Waals surface area contributed by atoms with Crippen molar-refractivity contribution in [3.8, 4) is 0 Å². The smallest absolute Gasteiger partial charge is 0.158 e. The maximum absolute atomic E-state index is 5.97. The van der Waals surface area contributed by atoms with Crippen molar-refractivity contribution < 1.29 is 0 Å². The number of alkyl halides is 1. The zero-order chi connectivity index (χ0) is 15.4. The van der Waals surface area contributed by atoms with Crippen LogP contribution >= 0.6 is 23.4 Å². The molecule has 0 aliphatic heterocycles. The topological polar surface area (TPSA) is 35.6 Å². The predicted octanol–water partition coefficient (Wildman–Crippen LogP) is 3.82. The van der Waals surface area contributed by atoms with E-state index in [1.807, 2.05) is 23.5 Å². The highest BCUT2D eigenvalue weighted by molar-refractivity contribution is 7.99. The largest absolute Gasteiger partial charge is 0.309 e. The van der Waals surface area contributed by atoms with Crippen molar-refractivity contribution in [3.63, 3.8) is 0 Å². The first kappa shape index (κ1) is 16.7. The van der Waals surface area contributed by atoms with Crippen LogP contribution in [0.2, 0.25) is 0 Å². The van der Waals surface area contributed by atoms with Crippen LogP contribution in [0.15, 0.2) is 0 Å². The number of hydrogen-bond acceptors (Lipinski definition) is 3. The number of imidazole rings is 1. The first-order valence-electron chi connectivity index (χ1n) is 7.70. The van der Waals surface area contributed by atoms with E-state index in [-0.39, 0.29) is 0 Å². The molecule has 2 rings (SSSR count). The number of fused-ring (bicyclic) bond motifs is 1. The summed E-state index contributed by atoms with van der Waals surface area (Å²) in [6, 6.07) is 0.406. The molecule has 0 radical (unpaired) electrons. The fourth-order valence-corrected chi connectivity index (χ4v) is 3.63. The molecule has 2 aromatic rings. The molecule has 2 heterocycles. The molecule has 118 valence electrons. The Bertz CT molecular complexity index is 590. The normalized spacial score (nSPS) is 13.2. The molecule has 0 aliphatic carbocycles. The highest BCUT2D eigenvalue weighted by Gasteiger charge is 2.21. The van der Waals surface area contributed by atoms with E-state index in [1.54, 1.807) is 0 Å². The molecule has 6 heteroatoms. The highest BCUT2D eigenvalue weighted by Crippen LogP contribution is 2.26. The maximum Gasteiger partial charge on any atom is 0.158 e. The van der Waals surface area contributed by atoms with Crippen molar-refractivity contribution in [3.05, 3.63) is 11.5 Å². The Morgan fingerprint density at radius 2 is 2.05 bits per heavy atom. The predicted molar refractivity (Wildman–Crippen MR) is 92.6 cm³/mol. The standard InChI is InChI=1S/C15H25ClN4S/c1-5-7-12-14-15(19(4)18-12)20(11(3)10-21-6-2)13(17-14)8-9-16/h11H,5-10H2,1-4H3. The summed E-state index contributed by atoms with van der Waals surface area (Å²) in [5.41, 5.74) is 3.32. The molecule has 0 aromatic carbocycles. The fourth-order valence-electron chi connectivity index (χ4n) is 2.74. The number of halogens is 1. The maximum atomic E-state index is 5.97. The Kier molecular flexibility index (Phi) is 5.99. The minimum absolute atomic E-state index is 0.406. The summed E-state index contributed by atoms with van der Waals surface area (Å²) in [5, 5.41) is 4.66. The molecule has 0 saturated heterocycles. The molecule has 0 fully saturated rings. The number of hydrogen-bond donors (Lipinski definition) is 0. The highest BCUT2D eigenvalue weighted by atomic mass is 35.5. The van der Waals surface area contributed by atoms with Crippen molar-refractivity contribution in [2.24, 2.45) is 7.05 Å². The van der Waals surface area contributed by atoms with Crippen LogP contribution in [0.4, 0.5) is 0 Å². The summed E-state index contributed by atoms with van der Waals surface area (Å²) >= 11 is 7.93. The molecule has 1 unspecified atom stereocenters. The van der Waals surface area contributed by atoms with Gasteiger partial charge in [0.1, 0.15) is 11.3 Å². The second-order valence-electron chi connectivity index (χ2n) is 5.34. The van der Waals surface area contributed by atoms with Crippen molar-refractivity contribution in [2.45, 2.75) is 46.1 Å². The molecule has 0 spiro atoms. The molecule has 21 heavy (non-hydrogen) atoms.